The SMILES string of the molecule is C[C@@H]1Cc2ccccc2N1Cc1ccc([N+](=O)[O-])cc1. The summed E-state index contributed by atoms with van der Waals surface area (Å²) >= 11 is 0. The maximum atomic E-state index is 10.7. The van der Waals surface area contributed by atoms with E-state index in [9.17, 15) is 10.1 Å². The van der Waals surface area contributed by atoms with Crippen molar-refractivity contribution in [1.82, 2.24) is 0 Å². The van der Waals surface area contributed by atoms with Crippen molar-refractivity contribution in [1.29, 1.82) is 0 Å². The summed E-state index contributed by atoms with van der Waals surface area (Å²) in [5.74, 6) is 0. The number of rotatable bonds is 3. The summed E-state index contributed by atoms with van der Waals surface area (Å²) in [6.07, 6.45) is 1.06. The summed E-state index contributed by atoms with van der Waals surface area (Å²) in [5.41, 5.74) is 3.89. The van der Waals surface area contributed by atoms with Gasteiger partial charge in [0.2, 0.25) is 0 Å². The third-order valence-electron chi connectivity index (χ3n) is 3.85. The highest BCUT2D eigenvalue weighted by atomic mass is 16.6. The fourth-order valence-corrected chi connectivity index (χ4v) is 2.79. The van der Waals surface area contributed by atoms with Crippen molar-refractivity contribution in [2.75, 3.05) is 4.90 Å². The molecule has 3 rings (SSSR count). The van der Waals surface area contributed by atoms with Gasteiger partial charge in [0.15, 0.2) is 0 Å². The summed E-state index contributed by atoms with van der Waals surface area (Å²) in [6, 6.07) is 15.7. The molecule has 0 bridgehead atoms. The standard InChI is InChI=1S/C16H16N2O2/c1-12-10-14-4-2-3-5-16(14)17(12)11-13-6-8-15(9-7-13)18(19)20/h2-9,12H,10-11H2,1H3/t12-/m1/s1. The number of hydrogen-bond donors (Lipinski definition) is 0. The maximum absolute atomic E-state index is 10.7. The first kappa shape index (κ1) is 12.7. The predicted octanol–water partition coefficient (Wildman–Crippen LogP) is 3.55. The molecule has 0 radical (unpaired) electrons. The molecule has 0 unspecified atom stereocenters. The van der Waals surface area contributed by atoms with E-state index in [0.717, 1.165) is 18.5 Å². The quantitative estimate of drug-likeness (QED) is 0.631. The summed E-state index contributed by atoms with van der Waals surface area (Å²) in [6.45, 7) is 3.00. The number of benzene rings is 2. The third kappa shape index (κ3) is 2.25. The summed E-state index contributed by atoms with van der Waals surface area (Å²) in [5, 5.41) is 10.7. The van der Waals surface area contributed by atoms with Crippen LogP contribution in [0.3, 0.4) is 0 Å². The molecule has 20 heavy (non-hydrogen) atoms. The molecule has 2 aromatic rings. The Kier molecular flexibility index (Phi) is 3.14. The van der Waals surface area contributed by atoms with Crippen molar-refractivity contribution in [2.45, 2.75) is 25.9 Å². The fourth-order valence-electron chi connectivity index (χ4n) is 2.79. The molecule has 0 aromatic heterocycles. The normalized spacial score (nSPS) is 17.1. The number of nitrogens with zero attached hydrogens (tertiary/aromatic N) is 2. The lowest BCUT2D eigenvalue weighted by atomic mass is 10.1. The molecule has 0 saturated heterocycles. The molecule has 0 fully saturated rings. The van der Waals surface area contributed by atoms with Crippen LogP contribution < -0.4 is 4.90 Å². The van der Waals surface area contributed by atoms with Crippen LogP contribution in [0.1, 0.15) is 18.1 Å². The zero-order valence-electron chi connectivity index (χ0n) is 11.3. The van der Waals surface area contributed by atoms with Gasteiger partial charge in [0.05, 0.1) is 4.92 Å². The van der Waals surface area contributed by atoms with Gasteiger partial charge in [-0.05, 0) is 30.5 Å². The molecule has 4 nitrogen and oxygen atoms in total. The van der Waals surface area contributed by atoms with Crippen molar-refractivity contribution in [3.05, 3.63) is 69.8 Å². The number of nitro groups is 1. The average Bonchev–Trinajstić information content (AvgIpc) is 2.76. The number of fused-ring (bicyclic) bond motifs is 1. The minimum absolute atomic E-state index is 0.142. The van der Waals surface area contributed by atoms with Gasteiger partial charge < -0.3 is 4.90 Å². The Morgan fingerprint density at radius 1 is 1.20 bits per heavy atom. The molecule has 0 aliphatic carbocycles. The smallest absolute Gasteiger partial charge is 0.269 e. The second-order valence-electron chi connectivity index (χ2n) is 5.23. The minimum Gasteiger partial charge on any atom is -0.364 e. The van der Waals surface area contributed by atoms with E-state index in [2.05, 4.69) is 36.1 Å². The number of hydrogen-bond acceptors (Lipinski definition) is 3. The van der Waals surface area contributed by atoms with Crippen molar-refractivity contribution in [3.63, 3.8) is 0 Å². The highest BCUT2D eigenvalue weighted by Gasteiger charge is 2.25. The molecule has 1 aliphatic heterocycles. The molecular weight excluding hydrogens is 252 g/mol. The number of anilines is 1. The first-order valence-electron chi connectivity index (χ1n) is 6.73. The summed E-state index contributed by atoms with van der Waals surface area (Å²) < 4.78 is 0. The van der Waals surface area contributed by atoms with Crippen LogP contribution in [0.15, 0.2) is 48.5 Å². The van der Waals surface area contributed by atoms with Crippen molar-refractivity contribution >= 4 is 11.4 Å². The van der Waals surface area contributed by atoms with Gasteiger partial charge in [-0.25, -0.2) is 0 Å². The fraction of sp³-hybridized carbons (Fsp3) is 0.250. The molecule has 4 heteroatoms. The molecule has 1 atom stereocenters. The highest BCUT2D eigenvalue weighted by Crippen LogP contribution is 2.33. The Labute approximate surface area is 117 Å². The van der Waals surface area contributed by atoms with Gasteiger partial charge in [-0.15, -0.1) is 0 Å². The molecule has 0 N–H and O–H groups in total. The number of non-ortho nitro benzene ring substituents is 1. The molecule has 2 aromatic carbocycles. The Bertz CT molecular complexity index is 637. The van der Waals surface area contributed by atoms with Crippen LogP contribution in [-0.2, 0) is 13.0 Å². The Morgan fingerprint density at radius 3 is 2.60 bits per heavy atom. The predicted molar refractivity (Wildman–Crippen MR) is 78.9 cm³/mol. The molecule has 0 amide bonds. The largest absolute Gasteiger partial charge is 0.364 e. The van der Waals surface area contributed by atoms with E-state index in [1.807, 2.05) is 12.1 Å². The van der Waals surface area contributed by atoms with Crippen LogP contribution in [0.5, 0.6) is 0 Å². The average molecular weight is 268 g/mol. The zero-order valence-corrected chi connectivity index (χ0v) is 11.3. The van der Waals surface area contributed by atoms with E-state index in [0.29, 0.717) is 6.04 Å². The number of nitro benzene ring substituents is 1. The Morgan fingerprint density at radius 2 is 1.90 bits per heavy atom. The van der Waals surface area contributed by atoms with Gasteiger partial charge in [0.1, 0.15) is 0 Å². The molecule has 0 saturated carbocycles. The first-order valence-corrected chi connectivity index (χ1v) is 6.73. The van der Waals surface area contributed by atoms with Crippen LogP contribution >= 0.6 is 0 Å². The lowest BCUT2D eigenvalue weighted by Crippen LogP contribution is -2.28. The van der Waals surface area contributed by atoms with Crippen molar-refractivity contribution in [2.24, 2.45) is 0 Å². The first-order chi connectivity index (χ1) is 9.65. The van der Waals surface area contributed by atoms with Crippen LogP contribution in [0, 0.1) is 10.1 Å². The van der Waals surface area contributed by atoms with Gasteiger partial charge in [-0.2, -0.15) is 0 Å². The zero-order chi connectivity index (χ0) is 14.1. The molecule has 0 spiro atoms. The van der Waals surface area contributed by atoms with Gasteiger partial charge >= 0.3 is 0 Å². The monoisotopic (exact) mass is 268 g/mol. The van der Waals surface area contributed by atoms with Crippen LogP contribution in [0.25, 0.3) is 0 Å². The molecule has 102 valence electrons. The third-order valence-corrected chi connectivity index (χ3v) is 3.85. The van der Waals surface area contributed by atoms with E-state index in [1.165, 1.54) is 11.3 Å². The van der Waals surface area contributed by atoms with Crippen LogP contribution in [0.4, 0.5) is 11.4 Å². The second-order valence-corrected chi connectivity index (χ2v) is 5.23. The van der Waals surface area contributed by atoms with Gasteiger partial charge in [-0.3, -0.25) is 10.1 Å². The van der Waals surface area contributed by atoms with E-state index < -0.39 is 0 Å². The van der Waals surface area contributed by atoms with Crippen molar-refractivity contribution in [3.8, 4) is 0 Å². The highest BCUT2D eigenvalue weighted by molar-refractivity contribution is 5.59. The Hall–Kier alpha value is -2.36. The van der Waals surface area contributed by atoms with E-state index in [-0.39, 0.29) is 10.6 Å². The van der Waals surface area contributed by atoms with E-state index in [1.54, 1.807) is 12.1 Å². The summed E-state index contributed by atoms with van der Waals surface area (Å²) in [4.78, 5) is 12.7. The molecular formula is C16H16N2O2. The molecule has 1 heterocycles. The summed E-state index contributed by atoms with van der Waals surface area (Å²) in [7, 11) is 0. The van der Waals surface area contributed by atoms with E-state index >= 15 is 0 Å². The lowest BCUT2D eigenvalue weighted by molar-refractivity contribution is -0.384. The van der Waals surface area contributed by atoms with Crippen LogP contribution in [0.2, 0.25) is 0 Å². The molecule has 1 aliphatic rings. The minimum atomic E-state index is -0.364. The lowest BCUT2D eigenvalue weighted by Gasteiger charge is -2.25. The second kappa shape index (κ2) is 4.96. The Balaban J connectivity index is 1.82. The van der Waals surface area contributed by atoms with Gasteiger partial charge in [0, 0.05) is 30.4 Å². The van der Waals surface area contributed by atoms with Gasteiger partial charge in [-0.1, -0.05) is 30.3 Å². The topological polar surface area (TPSA) is 46.4 Å². The van der Waals surface area contributed by atoms with Crippen LogP contribution in [-0.4, -0.2) is 11.0 Å². The van der Waals surface area contributed by atoms with Crippen molar-refractivity contribution < 1.29 is 4.92 Å². The van der Waals surface area contributed by atoms with Gasteiger partial charge in [0.25, 0.3) is 5.69 Å². The van der Waals surface area contributed by atoms with E-state index in [4.69, 9.17) is 0 Å². The maximum Gasteiger partial charge on any atom is 0.269 e. The number of para-hydroxylation sites is 1.